The van der Waals surface area contributed by atoms with Gasteiger partial charge in [-0.3, -0.25) is 0 Å². The summed E-state index contributed by atoms with van der Waals surface area (Å²) in [4.78, 5) is 8.18. The first-order chi connectivity index (χ1) is 6.16. The topological polar surface area (TPSA) is 25.8 Å². The summed E-state index contributed by atoms with van der Waals surface area (Å²) < 4.78 is 13.3. The summed E-state index contributed by atoms with van der Waals surface area (Å²) in [7, 11) is 0. The Morgan fingerprint density at radius 1 is 1.31 bits per heavy atom. The number of hydrogen-bond acceptors (Lipinski definition) is 2. The van der Waals surface area contributed by atoms with Crippen LogP contribution in [0, 0.1) is 12.7 Å². The van der Waals surface area contributed by atoms with Gasteiger partial charge in [0.05, 0.1) is 5.52 Å². The summed E-state index contributed by atoms with van der Waals surface area (Å²) in [5.74, 6) is -0.280. The molecule has 0 amide bonds. The second-order valence-corrected chi connectivity index (χ2v) is 3.45. The van der Waals surface area contributed by atoms with Crippen molar-refractivity contribution < 1.29 is 4.39 Å². The molecule has 0 aliphatic carbocycles. The third kappa shape index (κ3) is 1.54. The molecule has 66 valence electrons. The molecule has 0 atom stereocenters. The molecule has 0 bridgehead atoms. The van der Waals surface area contributed by atoms with Gasteiger partial charge >= 0.3 is 0 Å². The molecule has 0 aliphatic rings. The maximum Gasteiger partial charge on any atom is 0.197 e. The lowest BCUT2D eigenvalue weighted by molar-refractivity contribution is 0.629. The summed E-state index contributed by atoms with van der Waals surface area (Å²) in [6.07, 6.45) is 0. The van der Waals surface area contributed by atoms with E-state index in [-0.39, 0.29) is 5.82 Å². The summed E-state index contributed by atoms with van der Waals surface area (Å²) in [6.45, 7) is 1.87. The maximum atomic E-state index is 12.8. The Morgan fingerprint density at radius 2 is 2.08 bits per heavy atom. The molecular formula is C9H6BrFN2. The van der Waals surface area contributed by atoms with Gasteiger partial charge in [0, 0.05) is 17.1 Å². The number of rotatable bonds is 0. The summed E-state index contributed by atoms with van der Waals surface area (Å²) in [6, 6.07) is 4.49. The van der Waals surface area contributed by atoms with Crippen LogP contribution in [0.5, 0.6) is 0 Å². The summed E-state index contributed by atoms with van der Waals surface area (Å²) in [5.41, 5.74) is 1.47. The van der Waals surface area contributed by atoms with Crippen LogP contribution < -0.4 is 0 Å². The zero-order valence-electron chi connectivity index (χ0n) is 6.88. The van der Waals surface area contributed by atoms with Gasteiger partial charge in [0.15, 0.2) is 4.73 Å². The second-order valence-electron chi connectivity index (χ2n) is 2.74. The normalized spacial score (nSPS) is 10.7. The zero-order valence-corrected chi connectivity index (χ0v) is 8.47. The highest BCUT2D eigenvalue weighted by molar-refractivity contribution is 9.10. The molecule has 2 nitrogen and oxygen atoms in total. The van der Waals surface area contributed by atoms with Crippen molar-refractivity contribution in [1.82, 2.24) is 9.97 Å². The second kappa shape index (κ2) is 3.03. The van der Waals surface area contributed by atoms with Gasteiger partial charge in [-0.2, -0.15) is 0 Å². The van der Waals surface area contributed by atoms with Gasteiger partial charge in [0.1, 0.15) is 5.82 Å². The van der Waals surface area contributed by atoms with Crippen LogP contribution >= 0.6 is 15.9 Å². The third-order valence-electron chi connectivity index (χ3n) is 1.82. The molecule has 1 aromatic heterocycles. The Balaban J connectivity index is 2.86. The first kappa shape index (κ1) is 8.56. The fraction of sp³-hybridized carbons (Fsp3) is 0.111. The van der Waals surface area contributed by atoms with E-state index in [0.29, 0.717) is 10.3 Å². The van der Waals surface area contributed by atoms with Crippen molar-refractivity contribution >= 4 is 26.8 Å². The summed E-state index contributed by atoms with van der Waals surface area (Å²) in [5, 5.41) is 0.879. The molecule has 0 spiro atoms. The minimum atomic E-state index is -0.280. The molecule has 0 aliphatic heterocycles. The van der Waals surface area contributed by atoms with Crippen LogP contribution in [0.4, 0.5) is 4.39 Å². The van der Waals surface area contributed by atoms with Crippen molar-refractivity contribution in [1.29, 1.82) is 0 Å². The fourth-order valence-electron chi connectivity index (χ4n) is 1.23. The zero-order chi connectivity index (χ0) is 9.42. The molecular weight excluding hydrogens is 235 g/mol. The highest BCUT2D eigenvalue weighted by Crippen LogP contribution is 2.18. The van der Waals surface area contributed by atoms with E-state index in [2.05, 4.69) is 25.9 Å². The molecule has 0 unspecified atom stereocenters. The van der Waals surface area contributed by atoms with Crippen LogP contribution in [0.3, 0.4) is 0 Å². The number of aryl methyl sites for hydroxylation is 1. The molecule has 4 heteroatoms. The molecule has 1 heterocycles. The molecule has 2 aromatic rings. The lowest BCUT2D eigenvalue weighted by Gasteiger charge is -2.00. The SMILES string of the molecule is Cc1nc(Br)nc2cc(F)ccc12. The Labute approximate surface area is 83.0 Å². The van der Waals surface area contributed by atoms with E-state index >= 15 is 0 Å². The van der Waals surface area contributed by atoms with Crippen LogP contribution in [0.1, 0.15) is 5.69 Å². The van der Waals surface area contributed by atoms with E-state index in [1.165, 1.54) is 12.1 Å². The highest BCUT2D eigenvalue weighted by atomic mass is 79.9. The van der Waals surface area contributed by atoms with Crippen molar-refractivity contribution in [3.8, 4) is 0 Å². The van der Waals surface area contributed by atoms with E-state index in [1.54, 1.807) is 6.07 Å². The van der Waals surface area contributed by atoms with Crippen molar-refractivity contribution in [3.63, 3.8) is 0 Å². The lowest BCUT2D eigenvalue weighted by atomic mass is 10.2. The van der Waals surface area contributed by atoms with E-state index in [9.17, 15) is 4.39 Å². The van der Waals surface area contributed by atoms with E-state index in [1.807, 2.05) is 6.92 Å². The number of halogens is 2. The van der Waals surface area contributed by atoms with Crippen LogP contribution in [-0.4, -0.2) is 9.97 Å². The van der Waals surface area contributed by atoms with Gasteiger partial charge in [-0.1, -0.05) is 0 Å². The predicted molar refractivity (Wildman–Crippen MR) is 51.9 cm³/mol. The largest absolute Gasteiger partial charge is 0.227 e. The van der Waals surface area contributed by atoms with Gasteiger partial charge in [-0.15, -0.1) is 0 Å². The Bertz CT molecular complexity index is 465. The van der Waals surface area contributed by atoms with E-state index < -0.39 is 0 Å². The highest BCUT2D eigenvalue weighted by Gasteiger charge is 2.02. The van der Waals surface area contributed by atoms with Gasteiger partial charge in [0.25, 0.3) is 0 Å². The number of nitrogens with zero attached hydrogens (tertiary/aromatic N) is 2. The monoisotopic (exact) mass is 240 g/mol. The maximum absolute atomic E-state index is 12.8. The smallest absolute Gasteiger partial charge is 0.197 e. The van der Waals surface area contributed by atoms with Crippen LogP contribution in [0.2, 0.25) is 0 Å². The first-order valence-corrected chi connectivity index (χ1v) is 4.55. The van der Waals surface area contributed by atoms with Crippen LogP contribution in [-0.2, 0) is 0 Å². The molecule has 0 saturated heterocycles. The van der Waals surface area contributed by atoms with Crippen LogP contribution in [0.25, 0.3) is 10.9 Å². The third-order valence-corrected chi connectivity index (χ3v) is 2.18. The number of aromatic nitrogens is 2. The van der Waals surface area contributed by atoms with E-state index in [4.69, 9.17) is 0 Å². The fourth-order valence-corrected chi connectivity index (χ4v) is 1.68. The molecule has 13 heavy (non-hydrogen) atoms. The Hall–Kier alpha value is -1.03. The van der Waals surface area contributed by atoms with Crippen molar-refractivity contribution in [2.75, 3.05) is 0 Å². The molecule has 0 N–H and O–H groups in total. The number of hydrogen-bond donors (Lipinski definition) is 0. The van der Waals surface area contributed by atoms with Gasteiger partial charge in [0.2, 0.25) is 0 Å². The molecule has 0 radical (unpaired) electrons. The Kier molecular flexibility index (Phi) is 2.00. The standard InChI is InChI=1S/C9H6BrFN2/c1-5-7-3-2-6(11)4-8(7)13-9(10)12-5/h2-4H,1H3. The molecule has 1 aromatic carbocycles. The van der Waals surface area contributed by atoms with Crippen molar-refractivity contribution in [2.45, 2.75) is 6.92 Å². The average Bonchev–Trinajstić information content (AvgIpc) is 2.02. The average molecular weight is 241 g/mol. The van der Waals surface area contributed by atoms with Crippen molar-refractivity contribution in [2.24, 2.45) is 0 Å². The predicted octanol–water partition coefficient (Wildman–Crippen LogP) is 2.84. The minimum Gasteiger partial charge on any atom is -0.227 e. The minimum absolute atomic E-state index is 0.280. The van der Waals surface area contributed by atoms with E-state index in [0.717, 1.165) is 11.1 Å². The number of fused-ring (bicyclic) bond motifs is 1. The molecule has 0 fully saturated rings. The Morgan fingerprint density at radius 3 is 2.85 bits per heavy atom. The number of benzene rings is 1. The van der Waals surface area contributed by atoms with Gasteiger partial charge in [-0.05, 0) is 35.0 Å². The van der Waals surface area contributed by atoms with Crippen molar-refractivity contribution in [3.05, 3.63) is 34.4 Å². The quantitative estimate of drug-likeness (QED) is 0.662. The van der Waals surface area contributed by atoms with Gasteiger partial charge < -0.3 is 0 Å². The molecule has 2 rings (SSSR count). The van der Waals surface area contributed by atoms with Crippen LogP contribution in [0.15, 0.2) is 22.9 Å². The molecule has 0 saturated carbocycles. The summed E-state index contributed by atoms with van der Waals surface area (Å²) >= 11 is 3.16. The van der Waals surface area contributed by atoms with Gasteiger partial charge in [-0.25, -0.2) is 14.4 Å². The lowest BCUT2D eigenvalue weighted by Crippen LogP contribution is -1.90. The first-order valence-electron chi connectivity index (χ1n) is 3.76.